The Labute approximate surface area is 174 Å². The summed E-state index contributed by atoms with van der Waals surface area (Å²) in [5, 5.41) is 22.1. The van der Waals surface area contributed by atoms with E-state index < -0.39 is 0 Å². The summed E-state index contributed by atoms with van der Waals surface area (Å²) in [6.07, 6.45) is 0.453. The Bertz CT molecular complexity index is 957. The predicted octanol–water partition coefficient (Wildman–Crippen LogP) is 4.96. The number of halogens is 2. The maximum absolute atomic E-state index is 13.9. The topological polar surface area (TPSA) is 95.6 Å². The number of primary amides is 1. The van der Waals surface area contributed by atoms with Crippen LogP contribution in [0.2, 0.25) is 0 Å². The molecule has 0 aromatic heterocycles. The minimum absolute atomic E-state index is 0.167. The van der Waals surface area contributed by atoms with E-state index in [1.165, 1.54) is 31.2 Å². The van der Waals surface area contributed by atoms with Crippen molar-refractivity contribution in [2.45, 2.75) is 20.3 Å². The molecule has 3 rings (SSSR count). The molecule has 5 nitrogen and oxygen atoms in total. The molecule has 3 aromatic carbocycles. The Morgan fingerprint density at radius 3 is 2.07 bits per heavy atom. The quantitative estimate of drug-likeness (QED) is 0.452. The number of alkyl halides is 1. The van der Waals surface area contributed by atoms with Gasteiger partial charge in [-0.25, -0.2) is 4.39 Å². The number of phenols is 2. The molecule has 7 heteroatoms. The largest absolute Gasteiger partial charge is 0.504 e. The summed E-state index contributed by atoms with van der Waals surface area (Å²) in [5.74, 6) is -1.01. The number of hydrogen-bond donors (Lipinski definition) is 4. The van der Waals surface area contributed by atoms with Gasteiger partial charge in [-0.15, -0.1) is 0 Å². The van der Waals surface area contributed by atoms with Crippen LogP contribution < -0.4 is 11.1 Å². The first-order valence-corrected chi connectivity index (χ1v) is 9.01. The van der Waals surface area contributed by atoms with Crippen LogP contribution in [0.1, 0.15) is 23.6 Å². The first-order valence-electron chi connectivity index (χ1n) is 9.01. The first kappa shape index (κ1) is 24.4. The van der Waals surface area contributed by atoms with E-state index in [-0.39, 0.29) is 23.2 Å². The molecule has 160 valence electrons. The summed E-state index contributed by atoms with van der Waals surface area (Å²) in [4.78, 5) is 9.22. The van der Waals surface area contributed by atoms with Crippen molar-refractivity contribution in [3.8, 4) is 11.5 Å². The second kappa shape index (κ2) is 12.1. The van der Waals surface area contributed by atoms with Crippen molar-refractivity contribution in [1.82, 2.24) is 0 Å². The van der Waals surface area contributed by atoms with E-state index in [9.17, 15) is 23.8 Å². The summed E-state index contributed by atoms with van der Waals surface area (Å²) < 4.78 is 23.4. The van der Waals surface area contributed by atoms with Crippen molar-refractivity contribution in [3.63, 3.8) is 0 Å². The highest BCUT2D eigenvalue weighted by Crippen LogP contribution is 2.27. The number of aromatic hydroxyl groups is 2. The van der Waals surface area contributed by atoms with Crippen LogP contribution in [0.4, 0.5) is 20.2 Å². The lowest BCUT2D eigenvalue weighted by molar-refractivity contribution is -0.115. The second-order valence-electron chi connectivity index (χ2n) is 6.45. The number of anilines is 2. The summed E-state index contributed by atoms with van der Waals surface area (Å²) in [6, 6.07) is 17.2. The zero-order valence-electron chi connectivity index (χ0n) is 17.1. The first-order chi connectivity index (χ1) is 14.2. The maximum atomic E-state index is 13.9. The van der Waals surface area contributed by atoms with E-state index in [1.807, 2.05) is 37.3 Å². The van der Waals surface area contributed by atoms with E-state index in [0.717, 1.165) is 22.4 Å². The number of benzene rings is 3. The number of carbonyl (C=O) groups excluding carboxylic acids is 1. The average Bonchev–Trinajstić information content (AvgIpc) is 2.67. The van der Waals surface area contributed by atoms with Gasteiger partial charge in [-0.3, -0.25) is 9.18 Å². The number of aryl methyl sites for hydroxylation is 1. The molecule has 5 N–H and O–H groups in total. The van der Waals surface area contributed by atoms with Crippen molar-refractivity contribution < 1.29 is 23.8 Å². The maximum Gasteiger partial charge on any atom is 0.214 e. The zero-order chi connectivity index (χ0) is 22.7. The Hall–Kier alpha value is -3.61. The van der Waals surface area contributed by atoms with Gasteiger partial charge in [0.1, 0.15) is 5.82 Å². The third kappa shape index (κ3) is 8.60. The van der Waals surface area contributed by atoms with Gasteiger partial charge < -0.3 is 21.3 Å². The summed E-state index contributed by atoms with van der Waals surface area (Å²) >= 11 is 0. The minimum Gasteiger partial charge on any atom is -0.504 e. The molecule has 0 fully saturated rings. The van der Waals surface area contributed by atoms with E-state index in [4.69, 9.17) is 0 Å². The minimum atomic E-state index is -0.333. The molecule has 0 radical (unpaired) electrons. The molecular weight excluding hydrogens is 390 g/mol. The SMILES string of the molecule is CC(N)=O.CF.Cc1ccc(Nc2cc(F)cc(Cc3ccc(O)c(O)c3)c2)cc1. The molecule has 0 spiro atoms. The molecular formula is C23H26F2N2O3. The van der Waals surface area contributed by atoms with Crippen LogP contribution in [-0.2, 0) is 11.2 Å². The van der Waals surface area contributed by atoms with Crippen LogP contribution in [-0.4, -0.2) is 23.3 Å². The van der Waals surface area contributed by atoms with E-state index >= 15 is 0 Å². The van der Waals surface area contributed by atoms with Crippen LogP contribution in [0.3, 0.4) is 0 Å². The molecule has 0 aliphatic heterocycles. The van der Waals surface area contributed by atoms with Gasteiger partial charge in [0.15, 0.2) is 11.5 Å². The molecule has 0 aliphatic carbocycles. The fourth-order valence-electron chi connectivity index (χ4n) is 2.54. The molecule has 3 aromatic rings. The second-order valence-corrected chi connectivity index (χ2v) is 6.45. The molecule has 0 heterocycles. The molecule has 30 heavy (non-hydrogen) atoms. The van der Waals surface area contributed by atoms with Gasteiger partial charge in [0.2, 0.25) is 5.91 Å². The predicted molar refractivity (Wildman–Crippen MR) is 115 cm³/mol. The smallest absolute Gasteiger partial charge is 0.214 e. The lowest BCUT2D eigenvalue weighted by Crippen LogP contribution is -2.01. The number of nitrogens with one attached hydrogen (secondary N) is 1. The number of carbonyl (C=O) groups is 1. The third-order valence-electron chi connectivity index (χ3n) is 3.75. The van der Waals surface area contributed by atoms with Gasteiger partial charge in [0.25, 0.3) is 0 Å². The van der Waals surface area contributed by atoms with Crippen molar-refractivity contribution in [3.05, 3.63) is 83.2 Å². The lowest BCUT2D eigenvalue weighted by Gasteiger charge is -2.10. The highest BCUT2D eigenvalue weighted by atomic mass is 19.1. The number of nitrogens with two attached hydrogens (primary N) is 1. The summed E-state index contributed by atoms with van der Waals surface area (Å²) in [7, 11) is 0.500. The van der Waals surface area contributed by atoms with Crippen molar-refractivity contribution in [1.29, 1.82) is 0 Å². The normalized spacial score (nSPS) is 9.50. The standard InChI is InChI=1S/C20H18FNO2.C2H5NO.CH3F/c1-13-2-5-17(6-3-13)22-18-10-15(9-16(21)12-18)8-14-4-7-19(23)20(24)11-14;1-2(3)4;1-2/h2-7,9-12,22-24H,8H2,1H3;1H3,(H2,3,4);1H3. The molecule has 1 amide bonds. The molecule has 0 bridgehead atoms. The van der Waals surface area contributed by atoms with Gasteiger partial charge in [-0.05, 0) is 66.9 Å². The number of amides is 1. The van der Waals surface area contributed by atoms with Gasteiger partial charge in [0, 0.05) is 18.3 Å². The number of rotatable bonds is 4. The van der Waals surface area contributed by atoms with Crippen molar-refractivity contribution >= 4 is 17.3 Å². The van der Waals surface area contributed by atoms with Gasteiger partial charge in [0.05, 0.1) is 7.18 Å². The third-order valence-corrected chi connectivity index (χ3v) is 3.75. The zero-order valence-corrected chi connectivity index (χ0v) is 17.1. The van der Waals surface area contributed by atoms with Crippen LogP contribution in [0.25, 0.3) is 0 Å². The number of phenolic OH excluding ortho intramolecular Hbond substituents is 2. The van der Waals surface area contributed by atoms with Gasteiger partial charge >= 0.3 is 0 Å². The van der Waals surface area contributed by atoms with E-state index in [0.29, 0.717) is 19.3 Å². The Balaban J connectivity index is 0.000000673. The molecule has 0 unspecified atom stereocenters. The molecule has 0 saturated carbocycles. The van der Waals surface area contributed by atoms with Crippen molar-refractivity contribution in [2.75, 3.05) is 12.5 Å². The lowest BCUT2D eigenvalue weighted by atomic mass is 10.0. The molecule has 0 atom stereocenters. The number of hydrogen-bond acceptors (Lipinski definition) is 4. The van der Waals surface area contributed by atoms with Crippen LogP contribution in [0.5, 0.6) is 11.5 Å². The van der Waals surface area contributed by atoms with Crippen LogP contribution in [0, 0.1) is 12.7 Å². The highest BCUT2D eigenvalue weighted by Gasteiger charge is 2.06. The summed E-state index contributed by atoms with van der Waals surface area (Å²) in [6.45, 7) is 3.32. The highest BCUT2D eigenvalue weighted by molar-refractivity contribution is 5.70. The fourth-order valence-corrected chi connectivity index (χ4v) is 2.54. The van der Waals surface area contributed by atoms with E-state index in [2.05, 4.69) is 11.1 Å². The van der Waals surface area contributed by atoms with Gasteiger partial charge in [-0.2, -0.15) is 0 Å². The van der Waals surface area contributed by atoms with Gasteiger partial charge in [-0.1, -0.05) is 23.8 Å². The van der Waals surface area contributed by atoms with Crippen LogP contribution >= 0.6 is 0 Å². The Morgan fingerprint density at radius 2 is 1.50 bits per heavy atom. The Kier molecular flexibility index (Phi) is 9.82. The Morgan fingerprint density at radius 1 is 0.900 bits per heavy atom. The summed E-state index contributed by atoms with van der Waals surface area (Å²) in [5.41, 5.74) is 8.75. The average molecular weight is 416 g/mol. The fraction of sp³-hybridized carbons (Fsp3) is 0.174. The van der Waals surface area contributed by atoms with Crippen LogP contribution in [0.15, 0.2) is 60.7 Å². The monoisotopic (exact) mass is 416 g/mol. The molecule has 0 aliphatic rings. The molecule has 0 saturated heterocycles. The van der Waals surface area contributed by atoms with Crippen molar-refractivity contribution in [2.24, 2.45) is 5.73 Å². The van der Waals surface area contributed by atoms with E-state index in [1.54, 1.807) is 6.07 Å².